The minimum Gasteiger partial charge on any atom is -0.497 e. The molecule has 2 heteroatoms. The van der Waals surface area contributed by atoms with Crippen LogP contribution in [0.15, 0.2) is 36.9 Å². The van der Waals surface area contributed by atoms with Crippen LogP contribution in [0.2, 0.25) is 0 Å². The van der Waals surface area contributed by atoms with Gasteiger partial charge in [0.25, 0.3) is 0 Å². The molecule has 0 unspecified atom stereocenters. The number of methoxy groups -OCH3 is 1. The lowest BCUT2D eigenvalue weighted by molar-refractivity contribution is 0.414. The van der Waals surface area contributed by atoms with Gasteiger partial charge in [0.2, 0.25) is 0 Å². The first kappa shape index (κ1) is 10.8. The quantitative estimate of drug-likeness (QED) is 0.726. The molecular formula is C12H17NO. The second-order valence-electron chi connectivity index (χ2n) is 3.25. The van der Waals surface area contributed by atoms with Gasteiger partial charge in [0.1, 0.15) is 5.75 Å². The maximum absolute atomic E-state index is 5.98. The zero-order valence-electron chi connectivity index (χ0n) is 8.57. The van der Waals surface area contributed by atoms with Gasteiger partial charge in [-0.1, -0.05) is 18.2 Å². The monoisotopic (exact) mass is 191 g/mol. The van der Waals surface area contributed by atoms with E-state index in [1.807, 2.05) is 30.3 Å². The summed E-state index contributed by atoms with van der Waals surface area (Å²) in [5.41, 5.74) is 7.13. The van der Waals surface area contributed by atoms with Crippen LogP contribution in [0.3, 0.4) is 0 Å². The molecule has 0 aliphatic carbocycles. The van der Waals surface area contributed by atoms with Gasteiger partial charge in [-0.25, -0.2) is 0 Å². The molecule has 2 N–H and O–H groups in total. The fourth-order valence-electron chi connectivity index (χ4n) is 1.32. The standard InChI is InChI=1S/C12H17NO/c1-3-4-5-12(13)10-6-8-11(14-2)9-7-10/h3,6-9,12H,1,4-5,13H2,2H3/t12-/m0/s1. The number of hydrogen-bond acceptors (Lipinski definition) is 2. The van der Waals surface area contributed by atoms with E-state index in [0.717, 1.165) is 24.2 Å². The van der Waals surface area contributed by atoms with Crippen molar-refractivity contribution in [3.63, 3.8) is 0 Å². The maximum atomic E-state index is 5.98. The molecule has 1 atom stereocenters. The van der Waals surface area contributed by atoms with Crippen LogP contribution in [0.1, 0.15) is 24.4 Å². The molecule has 0 aromatic heterocycles. The smallest absolute Gasteiger partial charge is 0.118 e. The summed E-state index contributed by atoms with van der Waals surface area (Å²) >= 11 is 0. The van der Waals surface area contributed by atoms with Crippen LogP contribution in [0.5, 0.6) is 5.75 Å². The highest BCUT2D eigenvalue weighted by Crippen LogP contribution is 2.19. The number of benzene rings is 1. The van der Waals surface area contributed by atoms with Crippen molar-refractivity contribution in [2.24, 2.45) is 5.73 Å². The third-order valence-electron chi connectivity index (χ3n) is 2.23. The zero-order chi connectivity index (χ0) is 10.4. The summed E-state index contributed by atoms with van der Waals surface area (Å²) in [4.78, 5) is 0. The second kappa shape index (κ2) is 5.45. The van der Waals surface area contributed by atoms with E-state index in [2.05, 4.69) is 6.58 Å². The summed E-state index contributed by atoms with van der Waals surface area (Å²) in [7, 11) is 1.66. The highest BCUT2D eigenvalue weighted by atomic mass is 16.5. The van der Waals surface area contributed by atoms with E-state index in [-0.39, 0.29) is 6.04 Å². The van der Waals surface area contributed by atoms with Crippen molar-refractivity contribution >= 4 is 0 Å². The van der Waals surface area contributed by atoms with Crippen LogP contribution in [-0.2, 0) is 0 Å². The van der Waals surface area contributed by atoms with Crippen LogP contribution in [0, 0.1) is 0 Å². The average Bonchev–Trinajstić information content (AvgIpc) is 2.26. The van der Waals surface area contributed by atoms with Crippen LogP contribution in [-0.4, -0.2) is 7.11 Å². The van der Waals surface area contributed by atoms with Crippen LogP contribution in [0.4, 0.5) is 0 Å². The molecule has 0 amide bonds. The minimum absolute atomic E-state index is 0.0962. The van der Waals surface area contributed by atoms with Gasteiger partial charge in [0.05, 0.1) is 7.11 Å². The van der Waals surface area contributed by atoms with Crippen LogP contribution < -0.4 is 10.5 Å². The molecule has 0 radical (unpaired) electrons. The molecule has 1 aromatic rings. The molecule has 0 saturated heterocycles. The highest BCUT2D eigenvalue weighted by Gasteiger charge is 2.04. The molecule has 0 fully saturated rings. The number of rotatable bonds is 5. The lowest BCUT2D eigenvalue weighted by atomic mass is 10.0. The summed E-state index contributed by atoms with van der Waals surface area (Å²) in [6, 6.07) is 7.98. The van der Waals surface area contributed by atoms with Crippen LogP contribution >= 0.6 is 0 Å². The Morgan fingerprint density at radius 3 is 2.57 bits per heavy atom. The predicted molar refractivity (Wildman–Crippen MR) is 59.4 cm³/mol. The molecule has 1 rings (SSSR count). The average molecular weight is 191 g/mol. The third kappa shape index (κ3) is 2.89. The molecule has 0 aliphatic rings. The predicted octanol–water partition coefficient (Wildman–Crippen LogP) is 2.66. The van der Waals surface area contributed by atoms with Gasteiger partial charge < -0.3 is 10.5 Å². The van der Waals surface area contributed by atoms with E-state index < -0.39 is 0 Å². The Labute approximate surface area is 85.4 Å². The fourth-order valence-corrected chi connectivity index (χ4v) is 1.32. The van der Waals surface area contributed by atoms with Gasteiger partial charge in [-0.3, -0.25) is 0 Å². The lowest BCUT2D eigenvalue weighted by Crippen LogP contribution is -2.09. The minimum atomic E-state index is 0.0962. The van der Waals surface area contributed by atoms with E-state index >= 15 is 0 Å². The summed E-state index contributed by atoms with van der Waals surface area (Å²) in [6.45, 7) is 3.68. The Bertz CT molecular complexity index is 279. The Kier molecular flexibility index (Phi) is 4.20. The Hall–Kier alpha value is -1.28. The van der Waals surface area contributed by atoms with Crippen molar-refractivity contribution in [2.75, 3.05) is 7.11 Å². The van der Waals surface area contributed by atoms with Gasteiger partial charge in [0, 0.05) is 6.04 Å². The molecule has 76 valence electrons. The van der Waals surface area contributed by atoms with Gasteiger partial charge in [0.15, 0.2) is 0 Å². The van der Waals surface area contributed by atoms with E-state index in [0.29, 0.717) is 0 Å². The summed E-state index contributed by atoms with van der Waals surface area (Å²) < 4.78 is 5.07. The van der Waals surface area contributed by atoms with Crippen molar-refractivity contribution in [1.29, 1.82) is 0 Å². The first-order chi connectivity index (χ1) is 6.77. The van der Waals surface area contributed by atoms with Crippen molar-refractivity contribution in [3.05, 3.63) is 42.5 Å². The molecule has 0 saturated carbocycles. The fraction of sp³-hybridized carbons (Fsp3) is 0.333. The normalized spacial score (nSPS) is 12.1. The van der Waals surface area contributed by atoms with Gasteiger partial charge in [-0.2, -0.15) is 0 Å². The van der Waals surface area contributed by atoms with Crippen molar-refractivity contribution in [1.82, 2.24) is 0 Å². The molecule has 0 heterocycles. The van der Waals surface area contributed by atoms with Crippen molar-refractivity contribution < 1.29 is 4.74 Å². The molecule has 0 bridgehead atoms. The van der Waals surface area contributed by atoms with E-state index in [9.17, 15) is 0 Å². The molecule has 2 nitrogen and oxygen atoms in total. The first-order valence-corrected chi connectivity index (χ1v) is 4.78. The van der Waals surface area contributed by atoms with Gasteiger partial charge in [-0.15, -0.1) is 6.58 Å². The molecule has 14 heavy (non-hydrogen) atoms. The number of hydrogen-bond donors (Lipinski definition) is 1. The Morgan fingerprint density at radius 1 is 1.43 bits per heavy atom. The molecular weight excluding hydrogens is 174 g/mol. The SMILES string of the molecule is C=CCC[C@H](N)c1ccc(OC)cc1. The van der Waals surface area contributed by atoms with E-state index in [1.54, 1.807) is 7.11 Å². The number of allylic oxidation sites excluding steroid dienone is 1. The van der Waals surface area contributed by atoms with Gasteiger partial charge in [-0.05, 0) is 30.5 Å². The van der Waals surface area contributed by atoms with Gasteiger partial charge >= 0.3 is 0 Å². The van der Waals surface area contributed by atoms with E-state index in [1.165, 1.54) is 0 Å². The molecule has 1 aromatic carbocycles. The number of nitrogens with two attached hydrogens (primary N) is 1. The second-order valence-corrected chi connectivity index (χ2v) is 3.25. The molecule has 0 aliphatic heterocycles. The topological polar surface area (TPSA) is 35.2 Å². The Balaban J connectivity index is 2.61. The van der Waals surface area contributed by atoms with Crippen molar-refractivity contribution in [2.45, 2.75) is 18.9 Å². The van der Waals surface area contributed by atoms with E-state index in [4.69, 9.17) is 10.5 Å². The third-order valence-corrected chi connectivity index (χ3v) is 2.23. The summed E-state index contributed by atoms with van der Waals surface area (Å²) in [6.07, 6.45) is 3.78. The zero-order valence-corrected chi connectivity index (χ0v) is 8.57. The summed E-state index contributed by atoms with van der Waals surface area (Å²) in [5, 5.41) is 0. The lowest BCUT2D eigenvalue weighted by Gasteiger charge is -2.10. The highest BCUT2D eigenvalue weighted by molar-refractivity contribution is 5.28. The summed E-state index contributed by atoms with van der Waals surface area (Å²) in [5.74, 6) is 0.865. The Morgan fingerprint density at radius 2 is 2.07 bits per heavy atom. The number of ether oxygens (including phenoxy) is 1. The molecule has 0 spiro atoms. The maximum Gasteiger partial charge on any atom is 0.118 e. The first-order valence-electron chi connectivity index (χ1n) is 4.78. The largest absolute Gasteiger partial charge is 0.497 e. The van der Waals surface area contributed by atoms with Crippen LogP contribution in [0.25, 0.3) is 0 Å². The van der Waals surface area contributed by atoms with Crippen molar-refractivity contribution in [3.8, 4) is 5.75 Å².